The van der Waals surface area contributed by atoms with Crippen molar-refractivity contribution < 1.29 is 4.79 Å². The predicted octanol–water partition coefficient (Wildman–Crippen LogP) is 4.08. The Morgan fingerprint density at radius 3 is 2.73 bits per heavy atom. The van der Waals surface area contributed by atoms with E-state index in [-0.39, 0.29) is 30.5 Å². The fourth-order valence-corrected chi connectivity index (χ4v) is 3.15. The lowest BCUT2D eigenvalue weighted by Gasteiger charge is -2.15. The van der Waals surface area contributed by atoms with Gasteiger partial charge in [0.25, 0.3) is 5.56 Å². The van der Waals surface area contributed by atoms with E-state index in [9.17, 15) is 9.59 Å². The van der Waals surface area contributed by atoms with Crippen LogP contribution in [0.1, 0.15) is 24.9 Å². The van der Waals surface area contributed by atoms with Gasteiger partial charge in [0.1, 0.15) is 0 Å². The van der Waals surface area contributed by atoms with Gasteiger partial charge in [0.05, 0.1) is 23.3 Å². The number of benzene rings is 2. The first kappa shape index (κ1) is 18.6. The summed E-state index contributed by atoms with van der Waals surface area (Å²) >= 11 is 9.24. The van der Waals surface area contributed by atoms with Crippen molar-refractivity contribution in [1.82, 2.24) is 14.9 Å². The molecule has 0 fully saturated rings. The Labute approximate surface area is 164 Å². The van der Waals surface area contributed by atoms with Gasteiger partial charge in [0.2, 0.25) is 5.91 Å². The Bertz CT molecular complexity index is 1000. The summed E-state index contributed by atoms with van der Waals surface area (Å²) < 4.78 is 2.28. The van der Waals surface area contributed by atoms with Crippen molar-refractivity contribution in [2.45, 2.75) is 25.9 Å². The Morgan fingerprint density at radius 1 is 1.27 bits per heavy atom. The van der Waals surface area contributed by atoms with E-state index in [1.54, 1.807) is 24.3 Å². The van der Waals surface area contributed by atoms with Crippen molar-refractivity contribution in [2.75, 3.05) is 0 Å². The lowest BCUT2D eigenvalue weighted by atomic mass is 10.1. The lowest BCUT2D eigenvalue weighted by Crippen LogP contribution is -2.29. The van der Waals surface area contributed by atoms with Gasteiger partial charge < -0.3 is 5.32 Å². The fraction of sp³-hybridized carbons (Fsp3) is 0.211. The number of amides is 1. The largest absolute Gasteiger partial charge is 0.350 e. The van der Waals surface area contributed by atoms with Gasteiger partial charge in [-0.1, -0.05) is 39.7 Å². The second kappa shape index (κ2) is 8.01. The molecule has 1 unspecified atom stereocenters. The summed E-state index contributed by atoms with van der Waals surface area (Å²) in [5, 5.41) is 4.11. The first-order chi connectivity index (χ1) is 12.4. The molecule has 2 aromatic carbocycles. The SMILES string of the molecule is CC(NC(=O)CCn1cnc2ccc(Br)cc2c1=O)c1ccc(Cl)cc1. The topological polar surface area (TPSA) is 64.0 Å². The first-order valence-corrected chi connectivity index (χ1v) is 9.30. The monoisotopic (exact) mass is 433 g/mol. The van der Waals surface area contributed by atoms with Gasteiger partial charge in [-0.25, -0.2) is 4.98 Å². The molecule has 0 aliphatic heterocycles. The molecule has 26 heavy (non-hydrogen) atoms. The summed E-state index contributed by atoms with van der Waals surface area (Å²) in [6.45, 7) is 2.18. The molecule has 5 nitrogen and oxygen atoms in total. The number of hydrogen-bond acceptors (Lipinski definition) is 3. The Hall–Kier alpha value is -2.18. The van der Waals surface area contributed by atoms with Crippen LogP contribution < -0.4 is 10.9 Å². The highest BCUT2D eigenvalue weighted by atomic mass is 79.9. The Kier molecular flexibility index (Phi) is 5.74. The van der Waals surface area contributed by atoms with E-state index in [4.69, 9.17) is 11.6 Å². The molecule has 1 heterocycles. The molecule has 0 aliphatic carbocycles. The van der Waals surface area contributed by atoms with Crippen LogP contribution in [0.3, 0.4) is 0 Å². The summed E-state index contributed by atoms with van der Waals surface area (Å²) in [5.41, 5.74) is 1.45. The predicted molar refractivity (Wildman–Crippen MR) is 106 cm³/mol. The molecule has 3 rings (SSSR count). The van der Waals surface area contributed by atoms with Crippen LogP contribution in [0.15, 0.2) is 58.1 Å². The molecule has 1 amide bonds. The van der Waals surface area contributed by atoms with Crippen LogP contribution in [0.2, 0.25) is 5.02 Å². The molecule has 1 N–H and O–H groups in total. The van der Waals surface area contributed by atoms with Gasteiger partial charge in [-0.05, 0) is 42.8 Å². The van der Waals surface area contributed by atoms with E-state index in [2.05, 4.69) is 26.2 Å². The number of fused-ring (bicyclic) bond motifs is 1. The van der Waals surface area contributed by atoms with Gasteiger partial charge in [0.15, 0.2) is 0 Å². The van der Waals surface area contributed by atoms with E-state index in [0.717, 1.165) is 10.0 Å². The molecular weight excluding hydrogens is 418 g/mol. The summed E-state index contributed by atoms with van der Waals surface area (Å²) in [7, 11) is 0. The van der Waals surface area contributed by atoms with Crippen LogP contribution in [0.5, 0.6) is 0 Å². The average molecular weight is 435 g/mol. The number of nitrogens with one attached hydrogen (secondary N) is 1. The number of aromatic nitrogens is 2. The van der Waals surface area contributed by atoms with Gasteiger partial charge in [0, 0.05) is 22.5 Å². The van der Waals surface area contributed by atoms with E-state index >= 15 is 0 Å². The molecule has 0 saturated carbocycles. The maximum atomic E-state index is 12.5. The smallest absolute Gasteiger partial charge is 0.261 e. The molecule has 0 aliphatic rings. The highest BCUT2D eigenvalue weighted by molar-refractivity contribution is 9.10. The molecule has 0 radical (unpaired) electrons. The molecule has 1 atom stereocenters. The van der Waals surface area contributed by atoms with E-state index < -0.39 is 0 Å². The van der Waals surface area contributed by atoms with Crippen molar-refractivity contribution >= 4 is 44.3 Å². The van der Waals surface area contributed by atoms with Crippen molar-refractivity contribution in [3.05, 3.63) is 74.2 Å². The molecule has 7 heteroatoms. The highest BCUT2D eigenvalue weighted by Gasteiger charge is 2.11. The average Bonchev–Trinajstić information content (AvgIpc) is 2.62. The maximum Gasteiger partial charge on any atom is 0.261 e. The van der Waals surface area contributed by atoms with Crippen molar-refractivity contribution in [1.29, 1.82) is 0 Å². The number of halogens is 2. The summed E-state index contributed by atoms with van der Waals surface area (Å²) in [5.74, 6) is -0.131. The Balaban J connectivity index is 1.66. The van der Waals surface area contributed by atoms with E-state index in [1.165, 1.54) is 10.9 Å². The minimum atomic E-state index is -0.158. The van der Waals surface area contributed by atoms with Crippen molar-refractivity contribution in [3.8, 4) is 0 Å². The number of carbonyl (C=O) groups is 1. The molecular formula is C19H17BrClN3O2. The molecule has 0 spiro atoms. The van der Waals surface area contributed by atoms with Crippen LogP contribution in [-0.2, 0) is 11.3 Å². The second-order valence-corrected chi connectivity index (χ2v) is 7.35. The van der Waals surface area contributed by atoms with Gasteiger partial charge >= 0.3 is 0 Å². The normalized spacial score (nSPS) is 12.1. The Morgan fingerprint density at radius 2 is 2.00 bits per heavy atom. The quantitative estimate of drug-likeness (QED) is 0.658. The number of nitrogens with zero attached hydrogens (tertiary/aromatic N) is 2. The minimum Gasteiger partial charge on any atom is -0.350 e. The molecule has 0 bridgehead atoms. The second-order valence-electron chi connectivity index (χ2n) is 6.00. The fourth-order valence-electron chi connectivity index (χ4n) is 2.66. The zero-order valence-electron chi connectivity index (χ0n) is 14.1. The third kappa shape index (κ3) is 4.31. The number of aryl methyl sites for hydroxylation is 1. The molecule has 0 saturated heterocycles. The summed E-state index contributed by atoms with van der Waals surface area (Å²) in [6, 6.07) is 12.6. The third-order valence-electron chi connectivity index (χ3n) is 4.11. The summed E-state index contributed by atoms with van der Waals surface area (Å²) in [4.78, 5) is 29.0. The summed E-state index contributed by atoms with van der Waals surface area (Å²) in [6.07, 6.45) is 1.67. The highest BCUT2D eigenvalue weighted by Crippen LogP contribution is 2.16. The van der Waals surface area contributed by atoms with Crippen LogP contribution >= 0.6 is 27.5 Å². The van der Waals surface area contributed by atoms with Crippen LogP contribution in [0, 0.1) is 0 Å². The lowest BCUT2D eigenvalue weighted by molar-refractivity contribution is -0.121. The van der Waals surface area contributed by atoms with Crippen LogP contribution in [0.25, 0.3) is 10.9 Å². The van der Waals surface area contributed by atoms with Crippen molar-refractivity contribution in [2.24, 2.45) is 0 Å². The van der Waals surface area contributed by atoms with E-state index in [1.807, 2.05) is 25.1 Å². The van der Waals surface area contributed by atoms with Gasteiger partial charge in [-0.15, -0.1) is 0 Å². The number of hydrogen-bond donors (Lipinski definition) is 1. The van der Waals surface area contributed by atoms with Gasteiger partial charge in [-0.2, -0.15) is 0 Å². The maximum absolute atomic E-state index is 12.5. The number of carbonyl (C=O) groups excluding carboxylic acids is 1. The standard InChI is InChI=1S/C19H17BrClN3O2/c1-12(13-2-5-15(21)6-3-13)23-18(25)8-9-24-11-22-17-7-4-14(20)10-16(17)19(24)26/h2-7,10-12H,8-9H2,1H3,(H,23,25). The van der Waals surface area contributed by atoms with E-state index in [0.29, 0.717) is 15.9 Å². The first-order valence-electron chi connectivity index (χ1n) is 8.13. The third-order valence-corrected chi connectivity index (χ3v) is 4.86. The minimum absolute atomic E-state index is 0.131. The van der Waals surface area contributed by atoms with Crippen molar-refractivity contribution in [3.63, 3.8) is 0 Å². The molecule has 1 aromatic heterocycles. The molecule has 134 valence electrons. The molecule has 3 aromatic rings. The van der Waals surface area contributed by atoms with Crippen LogP contribution in [0.4, 0.5) is 0 Å². The zero-order valence-corrected chi connectivity index (χ0v) is 16.4. The number of rotatable bonds is 5. The zero-order chi connectivity index (χ0) is 18.7. The van der Waals surface area contributed by atoms with Gasteiger partial charge in [-0.3, -0.25) is 14.2 Å². The van der Waals surface area contributed by atoms with Crippen LogP contribution in [-0.4, -0.2) is 15.5 Å².